The molecule has 0 aliphatic rings. The van der Waals surface area contributed by atoms with Crippen LogP contribution in [0.1, 0.15) is 11.1 Å². The third-order valence-corrected chi connectivity index (χ3v) is 3.19. The largest absolute Gasteiger partial charge is 0.492 e. The zero-order chi connectivity index (χ0) is 16.5. The van der Waals surface area contributed by atoms with Crippen LogP contribution >= 0.6 is 12.2 Å². The van der Waals surface area contributed by atoms with Gasteiger partial charge in [-0.2, -0.15) is 0 Å². The predicted molar refractivity (Wildman–Crippen MR) is 89.3 cm³/mol. The van der Waals surface area contributed by atoms with E-state index in [1.165, 1.54) is 6.08 Å². The Hall–Kier alpha value is -2.64. The summed E-state index contributed by atoms with van der Waals surface area (Å²) in [5, 5.41) is 11.4. The minimum absolute atomic E-state index is 0.204. The molecule has 1 heterocycles. The highest BCUT2D eigenvalue weighted by Crippen LogP contribution is 2.12. The van der Waals surface area contributed by atoms with Crippen LogP contribution in [0.25, 0.3) is 6.08 Å². The molecule has 0 bridgehead atoms. The SMILES string of the molecule is O=C(C=Cc1ccoc1)NCCOc1ccc(C(=S)NO)cc1. The maximum Gasteiger partial charge on any atom is 0.244 e. The van der Waals surface area contributed by atoms with Crippen LogP contribution in [0.3, 0.4) is 0 Å². The number of hydrogen-bond acceptors (Lipinski definition) is 5. The van der Waals surface area contributed by atoms with E-state index in [0.717, 1.165) is 5.56 Å². The Morgan fingerprint density at radius 3 is 2.74 bits per heavy atom. The van der Waals surface area contributed by atoms with Crippen LogP contribution in [0.2, 0.25) is 0 Å². The maximum atomic E-state index is 11.6. The van der Waals surface area contributed by atoms with Crippen molar-refractivity contribution in [3.05, 3.63) is 60.1 Å². The molecule has 0 saturated heterocycles. The number of thiocarbonyl (C=S) groups is 1. The molecular weight excluding hydrogens is 316 g/mol. The number of amides is 1. The fourth-order valence-electron chi connectivity index (χ4n) is 1.71. The molecule has 1 aromatic heterocycles. The molecule has 3 N–H and O–H groups in total. The number of ether oxygens (including phenoxy) is 1. The summed E-state index contributed by atoms with van der Waals surface area (Å²) in [5.41, 5.74) is 3.43. The van der Waals surface area contributed by atoms with Crippen molar-refractivity contribution >= 4 is 29.2 Å². The van der Waals surface area contributed by atoms with Gasteiger partial charge in [-0.25, -0.2) is 0 Å². The van der Waals surface area contributed by atoms with Gasteiger partial charge in [0.2, 0.25) is 5.91 Å². The second-order valence-electron chi connectivity index (χ2n) is 4.49. The van der Waals surface area contributed by atoms with Gasteiger partial charge in [0.15, 0.2) is 0 Å². The number of benzene rings is 1. The van der Waals surface area contributed by atoms with Crippen molar-refractivity contribution in [3.63, 3.8) is 0 Å². The third kappa shape index (κ3) is 5.57. The van der Waals surface area contributed by atoms with E-state index < -0.39 is 0 Å². The summed E-state index contributed by atoms with van der Waals surface area (Å²) < 4.78 is 10.4. The van der Waals surface area contributed by atoms with Crippen molar-refractivity contribution in [2.24, 2.45) is 0 Å². The molecule has 23 heavy (non-hydrogen) atoms. The Morgan fingerprint density at radius 1 is 1.30 bits per heavy atom. The highest BCUT2D eigenvalue weighted by atomic mass is 32.1. The number of carbonyl (C=O) groups excluding carboxylic acids is 1. The van der Waals surface area contributed by atoms with Gasteiger partial charge in [-0.1, -0.05) is 12.2 Å². The van der Waals surface area contributed by atoms with E-state index in [9.17, 15) is 4.79 Å². The molecule has 0 fully saturated rings. The zero-order valence-corrected chi connectivity index (χ0v) is 13.0. The van der Waals surface area contributed by atoms with Crippen molar-refractivity contribution in [3.8, 4) is 5.75 Å². The second kappa shape index (κ2) is 8.72. The molecular formula is C16H16N2O4S. The molecule has 0 aliphatic heterocycles. The molecule has 1 amide bonds. The second-order valence-corrected chi connectivity index (χ2v) is 4.90. The summed E-state index contributed by atoms with van der Waals surface area (Å²) in [6.45, 7) is 0.722. The average molecular weight is 332 g/mol. The lowest BCUT2D eigenvalue weighted by Gasteiger charge is -2.07. The summed E-state index contributed by atoms with van der Waals surface area (Å²) in [6.07, 6.45) is 6.19. The first kappa shape index (κ1) is 16.7. The van der Waals surface area contributed by atoms with E-state index in [-0.39, 0.29) is 10.9 Å². The first-order valence-corrected chi connectivity index (χ1v) is 7.25. The summed E-state index contributed by atoms with van der Waals surface area (Å²) in [4.78, 5) is 11.8. The van der Waals surface area contributed by atoms with Crippen LogP contribution in [0.5, 0.6) is 5.75 Å². The molecule has 0 spiro atoms. The molecule has 0 unspecified atom stereocenters. The van der Waals surface area contributed by atoms with Gasteiger partial charge in [0.25, 0.3) is 0 Å². The molecule has 2 aromatic rings. The highest BCUT2D eigenvalue weighted by molar-refractivity contribution is 7.80. The monoisotopic (exact) mass is 332 g/mol. The Bertz CT molecular complexity index is 666. The van der Waals surface area contributed by atoms with Gasteiger partial charge >= 0.3 is 0 Å². The summed E-state index contributed by atoms with van der Waals surface area (Å²) >= 11 is 4.89. The van der Waals surface area contributed by atoms with Crippen molar-refractivity contribution < 1.29 is 19.2 Å². The predicted octanol–water partition coefficient (Wildman–Crippen LogP) is 2.14. The van der Waals surface area contributed by atoms with E-state index >= 15 is 0 Å². The van der Waals surface area contributed by atoms with Crippen LogP contribution in [-0.2, 0) is 4.79 Å². The highest BCUT2D eigenvalue weighted by Gasteiger charge is 2.00. The zero-order valence-electron chi connectivity index (χ0n) is 12.2. The summed E-state index contributed by atoms with van der Waals surface area (Å²) in [7, 11) is 0. The van der Waals surface area contributed by atoms with Gasteiger partial charge in [-0.05, 0) is 36.4 Å². The summed E-state index contributed by atoms with van der Waals surface area (Å²) in [6, 6.07) is 8.69. The van der Waals surface area contributed by atoms with Crippen LogP contribution < -0.4 is 15.5 Å². The standard InChI is InChI=1S/C16H16N2O4S/c19-15(6-1-12-7-9-21-11-12)17-8-10-22-14-4-2-13(3-5-14)16(23)18-20/h1-7,9,11,20H,8,10H2,(H,17,19)(H,18,23). The van der Waals surface area contributed by atoms with Gasteiger partial charge < -0.3 is 14.5 Å². The number of carbonyl (C=O) groups is 1. The van der Waals surface area contributed by atoms with Crippen LogP contribution in [0, 0.1) is 0 Å². The fourth-order valence-corrected chi connectivity index (χ4v) is 1.85. The lowest BCUT2D eigenvalue weighted by Crippen LogP contribution is -2.26. The van der Waals surface area contributed by atoms with E-state index in [4.69, 9.17) is 26.6 Å². The third-order valence-electron chi connectivity index (χ3n) is 2.86. The maximum absolute atomic E-state index is 11.6. The van der Waals surface area contributed by atoms with E-state index in [2.05, 4.69) is 5.32 Å². The minimum Gasteiger partial charge on any atom is -0.492 e. The number of hydrogen-bond donors (Lipinski definition) is 3. The van der Waals surface area contributed by atoms with E-state index in [1.54, 1.807) is 48.9 Å². The molecule has 6 nitrogen and oxygen atoms in total. The topological polar surface area (TPSA) is 83.7 Å². The van der Waals surface area contributed by atoms with E-state index in [1.807, 2.05) is 5.48 Å². The van der Waals surface area contributed by atoms with Crippen LogP contribution in [-0.4, -0.2) is 29.3 Å². The van der Waals surface area contributed by atoms with Crippen LogP contribution in [0.15, 0.2) is 53.4 Å². The van der Waals surface area contributed by atoms with Gasteiger partial charge in [-0.3, -0.25) is 15.5 Å². The van der Waals surface area contributed by atoms with E-state index in [0.29, 0.717) is 24.5 Å². The van der Waals surface area contributed by atoms with Crippen molar-refractivity contribution in [2.75, 3.05) is 13.2 Å². The lowest BCUT2D eigenvalue weighted by molar-refractivity contribution is -0.116. The Morgan fingerprint density at radius 2 is 2.09 bits per heavy atom. The number of nitrogens with one attached hydrogen (secondary N) is 2. The van der Waals surface area contributed by atoms with Gasteiger partial charge in [-0.15, -0.1) is 0 Å². The molecule has 0 atom stereocenters. The molecule has 7 heteroatoms. The molecule has 1 aromatic carbocycles. The van der Waals surface area contributed by atoms with Crippen molar-refractivity contribution in [1.82, 2.24) is 10.8 Å². The Balaban J connectivity index is 1.68. The van der Waals surface area contributed by atoms with Crippen molar-refractivity contribution in [1.29, 1.82) is 0 Å². The average Bonchev–Trinajstić information content (AvgIpc) is 3.10. The van der Waals surface area contributed by atoms with Gasteiger partial charge in [0, 0.05) is 17.2 Å². The first-order chi connectivity index (χ1) is 11.2. The fraction of sp³-hybridized carbons (Fsp3) is 0.125. The number of rotatable bonds is 7. The number of hydroxylamine groups is 1. The molecule has 0 radical (unpaired) electrons. The molecule has 0 saturated carbocycles. The molecule has 120 valence electrons. The molecule has 2 rings (SSSR count). The van der Waals surface area contributed by atoms with Gasteiger partial charge in [0.05, 0.1) is 19.1 Å². The smallest absolute Gasteiger partial charge is 0.244 e. The minimum atomic E-state index is -0.204. The number of furan rings is 1. The Labute approximate surface area is 138 Å². The van der Waals surface area contributed by atoms with Gasteiger partial charge in [0.1, 0.15) is 17.3 Å². The normalized spacial score (nSPS) is 10.5. The summed E-state index contributed by atoms with van der Waals surface area (Å²) in [5.74, 6) is 0.446. The first-order valence-electron chi connectivity index (χ1n) is 6.84. The lowest BCUT2D eigenvalue weighted by atomic mass is 10.2. The quantitative estimate of drug-likeness (QED) is 0.312. The van der Waals surface area contributed by atoms with Crippen molar-refractivity contribution in [2.45, 2.75) is 0 Å². The molecule has 0 aliphatic carbocycles. The van der Waals surface area contributed by atoms with Crippen LogP contribution in [0.4, 0.5) is 0 Å². The Kier molecular flexibility index (Phi) is 6.34.